The Bertz CT molecular complexity index is 1540. The fourth-order valence-electron chi connectivity index (χ4n) is 4.25. The number of carbonyl (C=O) groups is 2. The van der Waals surface area contributed by atoms with E-state index < -0.39 is 51.9 Å². The van der Waals surface area contributed by atoms with Crippen LogP contribution in [0.15, 0.2) is 71.6 Å². The predicted molar refractivity (Wildman–Crippen MR) is 162 cm³/mol. The number of amides is 2. The summed E-state index contributed by atoms with van der Waals surface area (Å²) in [5, 5.41) is 2.79. The lowest BCUT2D eigenvalue weighted by molar-refractivity contribution is -0.140. The number of carbonyl (C=O) groups excluding carboxylic acids is 2. The zero-order chi connectivity index (χ0) is 31.9. The van der Waals surface area contributed by atoms with Gasteiger partial charge in [-0.25, -0.2) is 8.42 Å². The molecule has 1 atom stereocenters. The molecule has 0 heterocycles. The van der Waals surface area contributed by atoms with Crippen molar-refractivity contribution in [2.75, 3.05) is 17.4 Å². The summed E-state index contributed by atoms with van der Waals surface area (Å²) in [5.41, 5.74) is -1.43. The van der Waals surface area contributed by atoms with Crippen LogP contribution in [0.3, 0.4) is 0 Å². The van der Waals surface area contributed by atoms with E-state index in [1.165, 1.54) is 36.4 Å². The number of benzene rings is 3. The summed E-state index contributed by atoms with van der Waals surface area (Å²) in [6, 6.07) is 12.7. The molecule has 3 rings (SSSR count). The normalized spacial score (nSPS) is 12.5. The maximum Gasteiger partial charge on any atom is 0.416 e. The molecule has 232 valence electrons. The molecule has 43 heavy (non-hydrogen) atoms. The van der Waals surface area contributed by atoms with Crippen molar-refractivity contribution in [3.8, 4) is 0 Å². The highest BCUT2D eigenvalue weighted by atomic mass is 35.5. The Morgan fingerprint density at radius 2 is 1.53 bits per heavy atom. The van der Waals surface area contributed by atoms with E-state index in [0.717, 1.165) is 11.0 Å². The van der Waals surface area contributed by atoms with E-state index >= 15 is 0 Å². The van der Waals surface area contributed by atoms with E-state index in [0.29, 0.717) is 35.0 Å². The number of nitrogens with one attached hydrogen (secondary N) is 1. The van der Waals surface area contributed by atoms with Crippen molar-refractivity contribution in [1.82, 2.24) is 10.2 Å². The third-order valence-electron chi connectivity index (χ3n) is 6.48. The van der Waals surface area contributed by atoms with Crippen LogP contribution in [0.1, 0.15) is 37.8 Å². The molecule has 1 N–H and O–H groups in total. The van der Waals surface area contributed by atoms with E-state index in [-0.39, 0.29) is 32.9 Å². The number of anilines is 1. The van der Waals surface area contributed by atoms with Gasteiger partial charge in [0.25, 0.3) is 10.0 Å². The molecule has 14 heteroatoms. The predicted octanol–water partition coefficient (Wildman–Crippen LogP) is 7.19. The number of halogens is 6. The Morgan fingerprint density at radius 3 is 2.09 bits per heavy atom. The molecule has 0 aliphatic rings. The number of rotatable bonds is 12. The van der Waals surface area contributed by atoms with Gasteiger partial charge in [-0.2, -0.15) is 13.2 Å². The third-order valence-corrected chi connectivity index (χ3v) is 9.28. The zero-order valence-electron chi connectivity index (χ0n) is 23.2. The summed E-state index contributed by atoms with van der Waals surface area (Å²) >= 11 is 19.0. The molecule has 0 aromatic heterocycles. The minimum Gasteiger partial charge on any atom is -0.354 e. The second kappa shape index (κ2) is 14.7. The van der Waals surface area contributed by atoms with Gasteiger partial charge in [-0.05, 0) is 55.3 Å². The summed E-state index contributed by atoms with van der Waals surface area (Å²) in [6.45, 7) is 2.55. The molecule has 0 radical (unpaired) electrons. The first kappa shape index (κ1) is 34.5. The van der Waals surface area contributed by atoms with Gasteiger partial charge in [-0.15, -0.1) is 0 Å². The van der Waals surface area contributed by atoms with Crippen LogP contribution in [0.25, 0.3) is 0 Å². The van der Waals surface area contributed by atoms with Crippen LogP contribution in [0.5, 0.6) is 0 Å². The first-order valence-electron chi connectivity index (χ1n) is 13.2. The fraction of sp³-hybridized carbons (Fsp3) is 0.310. The highest BCUT2D eigenvalue weighted by molar-refractivity contribution is 7.92. The Kier molecular flexibility index (Phi) is 11.8. The van der Waals surface area contributed by atoms with Crippen LogP contribution in [0, 0.1) is 0 Å². The van der Waals surface area contributed by atoms with Crippen LogP contribution in [-0.4, -0.2) is 44.3 Å². The van der Waals surface area contributed by atoms with Gasteiger partial charge in [0, 0.05) is 28.7 Å². The number of hydrogen-bond acceptors (Lipinski definition) is 4. The summed E-state index contributed by atoms with van der Waals surface area (Å²) in [7, 11) is -4.64. The maximum absolute atomic E-state index is 14.1. The average molecular weight is 679 g/mol. The van der Waals surface area contributed by atoms with Gasteiger partial charge in [0.15, 0.2) is 0 Å². The van der Waals surface area contributed by atoms with Crippen LogP contribution in [0.2, 0.25) is 15.1 Å². The molecule has 0 spiro atoms. The monoisotopic (exact) mass is 677 g/mol. The maximum atomic E-state index is 14.1. The van der Waals surface area contributed by atoms with Crippen LogP contribution in [0.4, 0.5) is 18.9 Å². The van der Waals surface area contributed by atoms with E-state index in [9.17, 15) is 31.2 Å². The minimum atomic E-state index is -4.83. The van der Waals surface area contributed by atoms with Gasteiger partial charge >= 0.3 is 6.18 Å². The summed E-state index contributed by atoms with van der Waals surface area (Å²) in [4.78, 5) is 28.1. The number of nitrogens with zero attached hydrogens (tertiary/aromatic N) is 2. The summed E-state index contributed by atoms with van der Waals surface area (Å²) in [6.07, 6.45) is -4.09. The Labute approximate surface area is 263 Å². The standard InChI is InChI=1S/C29H29Cl3F3N3O4S/c1-3-15-36-28(40)25(4-2)37(17-21-22(30)11-8-12-23(21)31)27(39)18-38(43(41,42)20-9-6-5-7-10-20)26-16-19(29(33,34)35)13-14-24(26)32/h5-14,16,25H,3-4,15,17-18H2,1-2H3,(H,36,40)/t25-/m0/s1. The SMILES string of the molecule is CCCNC(=O)[C@H](CC)N(Cc1c(Cl)cccc1Cl)C(=O)CN(c1cc(C(F)(F)F)ccc1Cl)S(=O)(=O)c1ccccc1. The Hall–Kier alpha value is -2.99. The van der Waals surface area contributed by atoms with E-state index in [1.54, 1.807) is 19.1 Å². The van der Waals surface area contributed by atoms with Gasteiger partial charge in [0.1, 0.15) is 12.6 Å². The van der Waals surface area contributed by atoms with Crippen molar-refractivity contribution < 1.29 is 31.2 Å². The Morgan fingerprint density at radius 1 is 0.907 bits per heavy atom. The highest BCUT2D eigenvalue weighted by Crippen LogP contribution is 2.37. The fourth-order valence-corrected chi connectivity index (χ4v) is 6.48. The summed E-state index contributed by atoms with van der Waals surface area (Å²) in [5.74, 6) is -1.40. The minimum absolute atomic E-state index is 0.124. The molecule has 3 aromatic rings. The lowest BCUT2D eigenvalue weighted by atomic mass is 10.1. The smallest absolute Gasteiger partial charge is 0.354 e. The lowest BCUT2D eigenvalue weighted by Gasteiger charge is -2.34. The topological polar surface area (TPSA) is 86.8 Å². The lowest BCUT2D eigenvalue weighted by Crippen LogP contribution is -2.52. The second-order valence-corrected chi connectivity index (χ2v) is 12.5. The average Bonchev–Trinajstić information content (AvgIpc) is 2.96. The van der Waals surface area contributed by atoms with E-state index in [1.807, 2.05) is 6.92 Å². The number of sulfonamides is 1. The molecule has 2 amide bonds. The van der Waals surface area contributed by atoms with Gasteiger partial charge in [0.05, 0.1) is 21.2 Å². The van der Waals surface area contributed by atoms with Crippen molar-refractivity contribution in [2.24, 2.45) is 0 Å². The van der Waals surface area contributed by atoms with Gasteiger partial charge in [0.2, 0.25) is 11.8 Å². The number of hydrogen-bond donors (Lipinski definition) is 1. The molecular formula is C29H29Cl3F3N3O4S. The zero-order valence-corrected chi connectivity index (χ0v) is 26.3. The van der Waals surface area contributed by atoms with Gasteiger partial charge in [-0.3, -0.25) is 13.9 Å². The molecule has 0 unspecified atom stereocenters. The largest absolute Gasteiger partial charge is 0.416 e. The van der Waals surface area contributed by atoms with Crippen LogP contribution < -0.4 is 9.62 Å². The third kappa shape index (κ3) is 8.35. The Balaban J connectivity index is 2.18. The molecule has 0 aliphatic heterocycles. The first-order valence-corrected chi connectivity index (χ1v) is 15.7. The van der Waals surface area contributed by atoms with Gasteiger partial charge in [-0.1, -0.05) is 72.9 Å². The summed E-state index contributed by atoms with van der Waals surface area (Å²) < 4.78 is 69.3. The first-order chi connectivity index (χ1) is 20.2. The number of alkyl halides is 3. The van der Waals surface area contributed by atoms with Gasteiger partial charge < -0.3 is 10.2 Å². The van der Waals surface area contributed by atoms with E-state index in [4.69, 9.17) is 34.8 Å². The van der Waals surface area contributed by atoms with Crippen molar-refractivity contribution >= 4 is 62.3 Å². The molecule has 0 saturated heterocycles. The van der Waals surface area contributed by atoms with Crippen molar-refractivity contribution in [1.29, 1.82) is 0 Å². The molecule has 7 nitrogen and oxygen atoms in total. The van der Waals surface area contributed by atoms with Crippen LogP contribution in [-0.2, 0) is 32.3 Å². The molecule has 0 bridgehead atoms. The molecule has 0 saturated carbocycles. The van der Waals surface area contributed by atoms with E-state index in [2.05, 4.69) is 5.32 Å². The van der Waals surface area contributed by atoms with Crippen molar-refractivity contribution in [2.45, 2.75) is 50.3 Å². The molecule has 3 aromatic carbocycles. The second-order valence-electron chi connectivity index (χ2n) is 9.43. The van der Waals surface area contributed by atoms with Crippen molar-refractivity contribution in [3.05, 3.63) is 92.9 Å². The molecule has 0 aliphatic carbocycles. The molecule has 0 fully saturated rings. The quantitative estimate of drug-likeness (QED) is 0.220. The molecular weight excluding hydrogens is 650 g/mol. The highest BCUT2D eigenvalue weighted by Gasteiger charge is 2.37. The van der Waals surface area contributed by atoms with Crippen molar-refractivity contribution in [3.63, 3.8) is 0 Å². The van der Waals surface area contributed by atoms with Crippen LogP contribution >= 0.6 is 34.8 Å².